The van der Waals surface area contributed by atoms with Crippen molar-refractivity contribution in [2.45, 2.75) is 153 Å². The van der Waals surface area contributed by atoms with Crippen LogP contribution in [-0.2, 0) is 14.3 Å². The van der Waals surface area contributed by atoms with Gasteiger partial charge in [-0.25, -0.2) is 0 Å². The quantitative estimate of drug-likeness (QED) is 0.0898. The summed E-state index contributed by atoms with van der Waals surface area (Å²) in [5.41, 5.74) is 0. The molecule has 7 unspecified atom stereocenters. The molecule has 6 N–H and O–H groups in total. The van der Waals surface area contributed by atoms with Gasteiger partial charge < -0.3 is 40.3 Å². The number of ether oxygens (including phenoxy) is 2. The number of carbonyl (C=O) groups is 1. The molecule has 38 heavy (non-hydrogen) atoms. The van der Waals surface area contributed by atoms with E-state index in [1.54, 1.807) is 13.0 Å². The van der Waals surface area contributed by atoms with Crippen molar-refractivity contribution in [3.63, 3.8) is 0 Å². The molecule has 0 aromatic heterocycles. The van der Waals surface area contributed by atoms with Gasteiger partial charge in [0.05, 0.1) is 25.4 Å². The lowest BCUT2D eigenvalue weighted by atomic mass is 9.99. The second-order valence-electron chi connectivity index (χ2n) is 10.5. The molecule has 1 amide bonds. The lowest BCUT2D eigenvalue weighted by Gasteiger charge is -2.40. The van der Waals surface area contributed by atoms with Crippen LogP contribution in [0.3, 0.4) is 0 Å². The van der Waals surface area contributed by atoms with Crippen molar-refractivity contribution in [1.29, 1.82) is 0 Å². The molecule has 0 aromatic carbocycles. The van der Waals surface area contributed by atoms with Crippen molar-refractivity contribution in [3.8, 4) is 0 Å². The monoisotopic (exact) mass is 545 g/mol. The van der Waals surface area contributed by atoms with Crippen LogP contribution < -0.4 is 5.32 Å². The number of carbonyl (C=O) groups excluding carboxylic acids is 1. The van der Waals surface area contributed by atoms with Crippen LogP contribution >= 0.6 is 0 Å². The van der Waals surface area contributed by atoms with Gasteiger partial charge in [-0.1, -0.05) is 103 Å². The van der Waals surface area contributed by atoms with Crippen molar-refractivity contribution in [2.24, 2.45) is 0 Å². The SMILES string of the molecule is CCCCCCCCCCCCCCC/C=C/C(O)C(COC1OC(CO)C(O)C(O)C1O)NC(=O)CC. The highest BCUT2D eigenvalue weighted by atomic mass is 16.7. The predicted molar refractivity (Wildman–Crippen MR) is 147 cm³/mol. The molecule has 224 valence electrons. The minimum atomic E-state index is -1.56. The van der Waals surface area contributed by atoms with Gasteiger partial charge in [-0.2, -0.15) is 0 Å². The summed E-state index contributed by atoms with van der Waals surface area (Å²) in [4.78, 5) is 12.0. The van der Waals surface area contributed by atoms with Gasteiger partial charge in [0.1, 0.15) is 24.4 Å². The Kier molecular flexibility index (Phi) is 20.0. The zero-order valence-electron chi connectivity index (χ0n) is 23.7. The zero-order valence-corrected chi connectivity index (χ0v) is 23.7. The van der Waals surface area contributed by atoms with E-state index in [-0.39, 0.29) is 18.9 Å². The highest BCUT2D eigenvalue weighted by Crippen LogP contribution is 2.22. The number of hydrogen-bond donors (Lipinski definition) is 6. The van der Waals surface area contributed by atoms with Crippen LogP contribution in [0.1, 0.15) is 110 Å². The molecule has 1 fully saturated rings. The summed E-state index contributed by atoms with van der Waals surface area (Å²) in [6.07, 6.45) is 13.4. The molecule has 0 aliphatic carbocycles. The molecule has 9 heteroatoms. The molecule has 9 nitrogen and oxygen atoms in total. The lowest BCUT2D eigenvalue weighted by Crippen LogP contribution is -2.60. The highest BCUT2D eigenvalue weighted by Gasteiger charge is 2.44. The minimum absolute atomic E-state index is 0.196. The molecule has 0 bridgehead atoms. The molecule has 0 spiro atoms. The number of aliphatic hydroxyl groups is 5. The number of hydrogen-bond acceptors (Lipinski definition) is 8. The van der Waals surface area contributed by atoms with Crippen molar-refractivity contribution in [2.75, 3.05) is 13.2 Å². The molecule has 1 aliphatic rings. The number of unbranched alkanes of at least 4 members (excludes halogenated alkanes) is 13. The van der Waals surface area contributed by atoms with Gasteiger partial charge in [-0.15, -0.1) is 0 Å². The third kappa shape index (κ3) is 14.4. The van der Waals surface area contributed by atoms with Crippen LogP contribution in [0.15, 0.2) is 12.2 Å². The molecule has 7 atom stereocenters. The average molecular weight is 546 g/mol. The number of rotatable bonds is 22. The first-order valence-electron chi connectivity index (χ1n) is 14.9. The average Bonchev–Trinajstić information content (AvgIpc) is 2.92. The molecule has 0 aromatic rings. The van der Waals surface area contributed by atoms with Crippen LogP contribution in [0.2, 0.25) is 0 Å². The fraction of sp³-hybridized carbons (Fsp3) is 0.897. The summed E-state index contributed by atoms with van der Waals surface area (Å²) in [5, 5.41) is 52.6. The van der Waals surface area contributed by atoms with Gasteiger partial charge in [0.25, 0.3) is 0 Å². The smallest absolute Gasteiger partial charge is 0.220 e. The van der Waals surface area contributed by atoms with E-state index in [4.69, 9.17) is 9.47 Å². The first-order chi connectivity index (χ1) is 18.3. The molecule has 1 heterocycles. The molecule has 0 radical (unpaired) electrons. The van der Waals surface area contributed by atoms with Crippen molar-refractivity contribution >= 4 is 5.91 Å². The lowest BCUT2D eigenvalue weighted by molar-refractivity contribution is -0.302. The molecular formula is C29H55NO8. The summed E-state index contributed by atoms with van der Waals surface area (Å²) in [7, 11) is 0. The molecule has 0 saturated carbocycles. The number of nitrogens with one attached hydrogen (secondary N) is 1. The molecule has 1 saturated heterocycles. The number of aliphatic hydroxyl groups excluding tert-OH is 5. The van der Waals surface area contributed by atoms with Crippen molar-refractivity contribution in [1.82, 2.24) is 5.32 Å². The standard InChI is InChI=1S/C29H55NO8/c1-3-5-6-7-8-9-10-11-12-13-14-15-16-17-18-19-23(32)22(30-25(33)4-2)21-37-29-28(36)27(35)26(34)24(20-31)38-29/h18-19,22-24,26-29,31-32,34-36H,3-17,20-21H2,1-2H3,(H,30,33)/b19-18+. The normalized spacial score (nSPS) is 25.5. The van der Waals surface area contributed by atoms with E-state index < -0.39 is 49.5 Å². The predicted octanol–water partition coefficient (Wildman–Crippen LogP) is 3.10. The van der Waals surface area contributed by atoms with Crippen LogP contribution in [0.4, 0.5) is 0 Å². The summed E-state index contributed by atoms with van der Waals surface area (Å²) in [5.74, 6) is -0.267. The maximum absolute atomic E-state index is 12.0. The van der Waals surface area contributed by atoms with Crippen molar-refractivity contribution in [3.05, 3.63) is 12.2 Å². The third-order valence-corrected chi connectivity index (χ3v) is 7.18. The maximum Gasteiger partial charge on any atom is 0.220 e. The van der Waals surface area contributed by atoms with E-state index in [1.165, 1.54) is 70.6 Å². The van der Waals surface area contributed by atoms with Gasteiger partial charge in [-0.3, -0.25) is 4.79 Å². The summed E-state index contributed by atoms with van der Waals surface area (Å²) in [6.45, 7) is 3.19. The van der Waals surface area contributed by atoms with Crippen LogP contribution in [0, 0.1) is 0 Å². The first-order valence-corrected chi connectivity index (χ1v) is 14.9. The first kappa shape index (κ1) is 35.0. The number of amides is 1. The second kappa shape index (κ2) is 21.7. The summed E-state index contributed by atoms with van der Waals surface area (Å²) < 4.78 is 10.9. The van der Waals surface area contributed by atoms with Crippen LogP contribution in [0.5, 0.6) is 0 Å². The topological polar surface area (TPSA) is 149 Å². The Hall–Kier alpha value is -1.07. The number of allylic oxidation sites excluding steroid dienone is 1. The zero-order chi connectivity index (χ0) is 28.2. The molecular weight excluding hydrogens is 490 g/mol. The Morgan fingerprint density at radius 3 is 1.95 bits per heavy atom. The highest BCUT2D eigenvalue weighted by molar-refractivity contribution is 5.75. The minimum Gasteiger partial charge on any atom is -0.394 e. The Labute approximate surface area is 229 Å². The molecule has 1 rings (SSSR count). The van der Waals surface area contributed by atoms with E-state index in [9.17, 15) is 30.3 Å². The maximum atomic E-state index is 12.0. The van der Waals surface area contributed by atoms with Gasteiger partial charge in [-0.05, 0) is 12.8 Å². The Morgan fingerprint density at radius 1 is 0.868 bits per heavy atom. The fourth-order valence-electron chi connectivity index (χ4n) is 4.59. The Bertz CT molecular complexity index is 617. The van der Waals surface area contributed by atoms with Gasteiger partial charge in [0, 0.05) is 6.42 Å². The second-order valence-corrected chi connectivity index (χ2v) is 10.5. The van der Waals surface area contributed by atoms with Gasteiger partial charge in [0.2, 0.25) is 5.91 Å². The van der Waals surface area contributed by atoms with E-state index in [0.717, 1.165) is 19.3 Å². The van der Waals surface area contributed by atoms with Crippen molar-refractivity contribution < 1.29 is 39.8 Å². The Balaban J connectivity index is 2.30. The van der Waals surface area contributed by atoms with E-state index >= 15 is 0 Å². The fourth-order valence-corrected chi connectivity index (χ4v) is 4.59. The largest absolute Gasteiger partial charge is 0.394 e. The van der Waals surface area contributed by atoms with E-state index in [0.29, 0.717) is 0 Å². The van der Waals surface area contributed by atoms with Crippen LogP contribution in [0.25, 0.3) is 0 Å². The van der Waals surface area contributed by atoms with Gasteiger partial charge in [0.15, 0.2) is 6.29 Å². The Morgan fingerprint density at radius 2 is 1.42 bits per heavy atom. The van der Waals surface area contributed by atoms with E-state index in [2.05, 4.69) is 12.2 Å². The third-order valence-electron chi connectivity index (χ3n) is 7.18. The summed E-state index contributed by atoms with van der Waals surface area (Å²) >= 11 is 0. The molecule has 1 aliphatic heterocycles. The van der Waals surface area contributed by atoms with E-state index in [1.807, 2.05) is 6.08 Å². The van der Waals surface area contributed by atoms with Gasteiger partial charge >= 0.3 is 0 Å². The summed E-state index contributed by atoms with van der Waals surface area (Å²) in [6, 6.07) is -0.794. The van der Waals surface area contributed by atoms with Crippen LogP contribution in [-0.4, -0.2) is 87.5 Å².